The fourth-order valence-corrected chi connectivity index (χ4v) is 9.39. The third-order valence-electron chi connectivity index (χ3n) is 14.5. The average molecular weight is 1490 g/mol. The molecule has 574 valence electrons. The molecule has 0 aliphatic heterocycles. The van der Waals surface area contributed by atoms with E-state index in [1.807, 2.05) is 0 Å². The lowest BCUT2D eigenvalue weighted by atomic mass is 10.1. The normalized spacial score (nSPS) is 12.9. The van der Waals surface area contributed by atoms with Gasteiger partial charge in [0.2, 0.25) is 41.4 Å². The molecule has 0 aromatic heterocycles. The van der Waals surface area contributed by atoms with E-state index in [0.717, 1.165) is 5.56 Å². The van der Waals surface area contributed by atoms with Gasteiger partial charge in [-0.05, 0) is 74.3 Å². The van der Waals surface area contributed by atoms with Gasteiger partial charge in [-0.1, -0.05) is 163 Å². The van der Waals surface area contributed by atoms with Crippen molar-refractivity contribution in [2.24, 2.45) is 21.5 Å². The Kier molecular flexibility index (Phi) is 36.6. The largest absolute Gasteiger partial charge is 0.461 e. The number of rotatable bonds is 44. The number of ether oxygens (including phenoxy) is 6. The molecule has 0 heterocycles. The SMILES string of the molecule is CC(C)(C)OC(=O)N[C@@H](CCCN=C(N)N[N+](=O)[O-])C(=O)NCC(=O)N[C@@H](CC(=O)OCc1ccccc1)C(=O)N[C@@H](COCc1ccccc1)C(=O)N[C@@H](CCCN=C(N)N[N+](=O)[O-])C(=O)NCC(=O)N[C@@H](CC(=O)OCc1ccccc1)C(=O)N[C@@H](COCc1ccccc1)C(=O)OCc1ccccc1. The van der Waals surface area contributed by atoms with E-state index >= 15 is 0 Å². The topological polar surface area (TPSA) is 526 Å². The molecule has 0 aliphatic rings. The van der Waals surface area contributed by atoms with Crippen LogP contribution in [0.3, 0.4) is 0 Å². The number of esters is 3. The van der Waals surface area contributed by atoms with Crippen molar-refractivity contribution >= 4 is 77.3 Å². The maximum atomic E-state index is 14.7. The molecule has 107 heavy (non-hydrogen) atoms. The van der Waals surface area contributed by atoms with Crippen LogP contribution in [0.25, 0.3) is 0 Å². The standard InChI is InChI=1S/C70H88N16O21/c1-70(2,3)107-69(97)82-52(32-20-34-74-68(72)84-86(100)101)62(92)76-38-58(88)77-53(35-59(89)104-41-48-25-13-6-14-26-48)63(93)80-55(44-102-39-46-21-9-4-10-22-46)65(95)79-51(31-19-33-73-67(71)83-85(98)99)61(91)75-37-57(87)78-54(36-60(90)105-42-49-27-15-7-16-28-49)64(94)81-56(45-103-40-47-23-11-5-12-24-47)66(96)106-43-50-29-17-8-18-30-50/h4-18,21-30,51-56H,19-20,31-45H2,1-3H3,(H,75,91)(H,76,92)(H,77,88)(H,78,87)(H,79,95)(H,80,93)(H,81,94)(H,82,97)(H3,71,73,83)(H3,72,74,84)/t51-,52-,53-,54-,55-,56-/m0/s1. The Hall–Kier alpha value is -12.7. The predicted octanol–water partition coefficient (Wildman–Crippen LogP) is 0.732. The number of nitrogens with one attached hydrogen (secondary N) is 10. The summed E-state index contributed by atoms with van der Waals surface area (Å²) in [4.78, 5) is 183. The van der Waals surface area contributed by atoms with Gasteiger partial charge in [0.1, 0.15) is 55.6 Å². The van der Waals surface area contributed by atoms with E-state index in [2.05, 4.69) is 52.5 Å². The highest BCUT2D eigenvalue weighted by molar-refractivity contribution is 5.98. The van der Waals surface area contributed by atoms with Gasteiger partial charge >= 0.3 is 24.0 Å². The number of hydrazine groups is 2. The number of hydrogen-bond donors (Lipinski definition) is 12. The van der Waals surface area contributed by atoms with Crippen molar-refractivity contribution in [3.63, 3.8) is 0 Å². The Morgan fingerprint density at radius 2 is 0.748 bits per heavy atom. The fourth-order valence-electron chi connectivity index (χ4n) is 9.39. The number of nitrogens with two attached hydrogens (primary N) is 2. The van der Waals surface area contributed by atoms with Gasteiger partial charge in [0.25, 0.3) is 11.9 Å². The first-order valence-electron chi connectivity index (χ1n) is 33.5. The van der Waals surface area contributed by atoms with Gasteiger partial charge in [-0.3, -0.25) is 43.2 Å². The Morgan fingerprint density at radius 3 is 1.12 bits per heavy atom. The van der Waals surface area contributed by atoms with Crippen molar-refractivity contribution in [2.45, 2.75) is 134 Å². The maximum Gasteiger partial charge on any atom is 0.408 e. The summed E-state index contributed by atoms with van der Waals surface area (Å²) in [5.41, 5.74) is 16.5. The van der Waals surface area contributed by atoms with Crippen LogP contribution in [0.1, 0.15) is 87.1 Å². The molecule has 0 fully saturated rings. The van der Waals surface area contributed by atoms with Gasteiger partial charge < -0.3 is 82.4 Å². The molecule has 0 bridgehead atoms. The van der Waals surface area contributed by atoms with Crippen LogP contribution >= 0.6 is 0 Å². The molecule has 0 saturated carbocycles. The summed E-state index contributed by atoms with van der Waals surface area (Å²) in [5, 5.41) is 39.2. The first-order chi connectivity index (χ1) is 51.2. The lowest BCUT2D eigenvalue weighted by Gasteiger charge is -2.25. The van der Waals surface area contributed by atoms with Crippen LogP contribution in [-0.4, -0.2) is 169 Å². The van der Waals surface area contributed by atoms with Gasteiger partial charge in [-0.15, -0.1) is 0 Å². The number of nitrogens with zero attached hydrogens (tertiary/aromatic N) is 4. The summed E-state index contributed by atoms with van der Waals surface area (Å²) < 4.78 is 33.5. The van der Waals surface area contributed by atoms with E-state index in [1.165, 1.54) is 0 Å². The molecule has 0 unspecified atom stereocenters. The minimum atomic E-state index is -1.91. The summed E-state index contributed by atoms with van der Waals surface area (Å²) in [5.74, 6) is -11.9. The zero-order chi connectivity index (χ0) is 77.9. The average Bonchev–Trinajstić information content (AvgIpc) is 0.871. The highest BCUT2D eigenvalue weighted by Crippen LogP contribution is 2.13. The van der Waals surface area contributed by atoms with Crippen molar-refractivity contribution in [3.8, 4) is 0 Å². The Labute approximate surface area is 614 Å². The highest BCUT2D eigenvalue weighted by Gasteiger charge is 2.35. The first kappa shape index (κ1) is 85.0. The van der Waals surface area contributed by atoms with Crippen LogP contribution in [0.5, 0.6) is 0 Å². The number of nitro groups is 2. The molecule has 5 rings (SSSR count). The summed E-state index contributed by atoms with van der Waals surface area (Å²) in [7, 11) is 0. The molecule has 37 nitrogen and oxygen atoms in total. The van der Waals surface area contributed by atoms with E-state index in [9.17, 15) is 73.0 Å². The molecule has 5 aromatic carbocycles. The first-order valence-corrected chi connectivity index (χ1v) is 33.5. The molecule has 0 spiro atoms. The maximum absolute atomic E-state index is 14.7. The van der Waals surface area contributed by atoms with Crippen molar-refractivity contribution in [3.05, 3.63) is 200 Å². The number of carbonyl (C=O) groups excluding carboxylic acids is 11. The van der Waals surface area contributed by atoms with E-state index in [0.29, 0.717) is 22.3 Å². The lowest BCUT2D eigenvalue weighted by Crippen LogP contribution is -2.59. The number of amides is 8. The van der Waals surface area contributed by atoms with Crippen molar-refractivity contribution in [1.29, 1.82) is 0 Å². The van der Waals surface area contributed by atoms with Gasteiger partial charge in [-0.2, -0.15) is 0 Å². The number of hydrogen-bond acceptors (Lipinski definition) is 23. The van der Waals surface area contributed by atoms with Gasteiger partial charge in [0.05, 0.1) is 52.4 Å². The molecule has 37 heteroatoms. The molecule has 6 atom stereocenters. The number of carbonyl (C=O) groups is 11. The molecule has 0 radical (unpaired) electrons. The minimum absolute atomic E-state index is 0.000148. The van der Waals surface area contributed by atoms with Crippen LogP contribution in [0.4, 0.5) is 4.79 Å². The van der Waals surface area contributed by atoms with E-state index in [-0.39, 0.29) is 71.8 Å². The summed E-state index contributed by atoms with van der Waals surface area (Å²) >= 11 is 0. The second-order valence-corrected chi connectivity index (χ2v) is 24.4. The highest BCUT2D eigenvalue weighted by atomic mass is 16.7. The number of benzene rings is 5. The van der Waals surface area contributed by atoms with E-state index in [1.54, 1.807) is 183 Å². The van der Waals surface area contributed by atoms with Crippen molar-refractivity contribution in [1.82, 2.24) is 53.4 Å². The predicted molar refractivity (Wildman–Crippen MR) is 381 cm³/mol. The molecular weight excluding hydrogens is 1400 g/mol. The second kappa shape index (κ2) is 46.1. The Bertz CT molecular complexity index is 3800. The van der Waals surface area contributed by atoms with E-state index < -0.39 is 168 Å². The zero-order valence-corrected chi connectivity index (χ0v) is 58.9. The molecular formula is C70H88N16O21. The second-order valence-electron chi connectivity index (χ2n) is 24.4. The Morgan fingerprint density at radius 1 is 0.421 bits per heavy atom. The van der Waals surface area contributed by atoms with Gasteiger partial charge in [-0.25, -0.2) is 39.8 Å². The smallest absolute Gasteiger partial charge is 0.408 e. The zero-order valence-electron chi connectivity index (χ0n) is 58.9. The van der Waals surface area contributed by atoms with Crippen molar-refractivity contribution < 1.29 is 91.2 Å². The third kappa shape index (κ3) is 35.9. The third-order valence-corrected chi connectivity index (χ3v) is 14.5. The molecule has 5 aromatic rings. The van der Waals surface area contributed by atoms with Crippen LogP contribution in [0.2, 0.25) is 0 Å². The van der Waals surface area contributed by atoms with Gasteiger partial charge in [0.15, 0.2) is 16.1 Å². The van der Waals surface area contributed by atoms with Gasteiger partial charge in [0, 0.05) is 13.1 Å². The summed E-state index contributed by atoms with van der Waals surface area (Å²) in [6.07, 6.45) is -3.47. The Balaban J connectivity index is 1.40. The quantitative estimate of drug-likeness (QED) is 0.00486. The summed E-state index contributed by atoms with van der Waals surface area (Å²) in [6.45, 7) is 0.319. The number of guanidine groups is 2. The van der Waals surface area contributed by atoms with Crippen LogP contribution in [0.15, 0.2) is 162 Å². The molecule has 8 amide bonds. The summed E-state index contributed by atoms with van der Waals surface area (Å²) in [6, 6.07) is 32.7. The van der Waals surface area contributed by atoms with Crippen molar-refractivity contribution in [2.75, 3.05) is 39.4 Å². The lowest BCUT2D eigenvalue weighted by molar-refractivity contribution is -0.525. The van der Waals surface area contributed by atoms with Crippen LogP contribution in [-0.2, 0) is 109 Å². The molecule has 14 N–H and O–H groups in total. The molecule has 0 aliphatic carbocycles. The van der Waals surface area contributed by atoms with Crippen LogP contribution in [0, 0.1) is 20.2 Å². The number of alkyl carbamates (subject to hydrolysis) is 1. The van der Waals surface area contributed by atoms with Crippen LogP contribution < -0.4 is 64.9 Å². The minimum Gasteiger partial charge on any atom is -0.461 e. The van der Waals surface area contributed by atoms with E-state index in [4.69, 9.17) is 39.9 Å². The monoisotopic (exact) mass is 1490 g/mol. The fraction of sp³-hybridized carbons (Fsp3) is 0.386. The molecule has 0 saturated heterocycles. The number of aliphatic imine (C=N–C) groups is 2.